The number of hydrogen-bond donors (Lipinski definition) is 2. The molecule has 0 aliphatic carbocycles. The second-order valence-electron chi connectivity index (χ2n) is 19.7. The topological polar surface area (TPSA) is 211 Å². The largest absolute Gasteiger partial charge is 0.461 e. The molecule has 80 heavy (non-hydrogen) atoms. The Hall–Kier alpha value is -7.09. The molecular formula is C62H71ClN8O8Sn. The van der Waals surface area contributed by atoms with Crippen LogP contribution < -0.4 is 3.84 Å². The predicted molar refractivity (Wildman–Crippen MR) is 312 cm³/mol. The summed E-state index contributed by atoms with van der Waals surface area (Å²) in [7, 11) is 3.27. The van der Waals surface area contributed by atoms with Crippen LogP contribution in [-0.2, 0) is 19.1 Å². The summed E-state index contributed by atoms with van der Waals surface area (Å²) in [6, 6.07) is 24.4. The average molecular weight is 1210 g/mol. The van der Waals surface area contributed by atoms with Crippen molar-refractivity contribution in [3.05, 3.63) is 137 Å². The Bertz CT molecular complexity index is 3200. The molecule has 2 aromatic carbocycles. The van der Waals surface area contributed by atoms with Gasteiger partial charge in [-0.25, -0.2) is 29.5 Å². The average Bonchev–Trinajstić information content (AvgIpc) is 3.91. The van der Waals surface area contributed by atoms with Gasteiger partial charge in [0, 0.05) is 85.3 Å². The van der Waals surface area contributed by atoms with Crippen molar-refractivity contribution in [2.75, 3.05) is 40.4 Å². The number of esters is 2. The number of benzene rings is 2. The number of likely N-dealkylation sites (tertiary alicyclic amines) is 2. The fourth-order valence-electron chi connectivity index (χ4n) is 9.15. The summed E-state index contributed by atoms with van der Waals surface area (Å²) in [6.45, 7) is 11.8. The number of carbonyl (C=O) groups is 4. The molecule has 2 atom stereocenters. The summed E-state index contributed by atoms with van der Waals surface area (Å²) in [6.07, 6.45) is 15.7. The van der Waals surface area contributed by atoms with Crippen LogP contribution in [0.4, 0.5) is 0 Å². The van der Waals surface area contributed by atoms with Gasteiger partial charge in [-0.2, -0.15) is 0 Å². The van der Waals surface area contributed by atoms with Crippen molar-refractivity contribution in [1.29, 1.82) is 0 Å². The molecule has 18 heteroatoms. The van der Waals surface area contributed by atoms with Crippen LogP contribution >= 0.6 is 11.6 Å². The molecule has 6 heterocycles. The van der Waals surface area contributed by atoms with Crippen LogP contribution in [-0.4, -0.2) is 144 Å². The number of carbonyl (C=O) groups excluding carboxylic acids is 4. The molecule has 0 spiro atoms. The van der Waals surface area contributed by atoms with E-state index in [-0.39, 0.29) is 37.4 Å². The van der Waals surface area contributed by atoms with E-state index in [9.17, 15) is 29.4 Å². The maximum Gasteiger partial charge on any atom is 0.356 e. The Morgan fingerprint density at radius 1 is 0.600 bits per heavy atom. The first-order valence-corrected chi connectivity index (χ1v) is 35.2. The molecule has 8 rings (SSSR count). The quantitative estimate of drug-likeness (QED) is 0.0495. The van der Waals surface area contributed by atoms with E-state index in [0.717, 1.165) is 0 Å². The van der Waals surface area contributed by atoms with Crippen LogP contribution in [0.15, 0.2) is 110 Å². The van der Waals surface area contributed by atoms with Gasteiger partial charge in [0.25, 0.3) is 11.8 Å². The van der Waals surface area contributed by atoms with Gasteiger partial charge in [-0.1, -0.05) is 59.5 Å². The van der Waals surface area contributed by atoms with Gasteiger partial charge in [0.1, 0.15) is 5.69 Å². The first kappa shape index (κ1) is 62.1. The van der Waals surface area contributed by atoms with Crippen molar-refractivity contribution in [1.82, 2.24) is 39.7 Å². The number of amides is 2. The van der Waals surface area contributed by atoms with Gasteiger partial charge in [0.2, 0.25) is 11.2 Å². The molecule has 16 nitrogen and oxygen atoms in total. The van der Waals surface area contributed by atoms with E-state index in [1.807, 2.05) is 30.6 Å². The molecule has 2 aliphatic heterocycles. The van der Waals surface area contributed by atoms with E-state index in [0.29, 0.717) is 63.1 Å². The number of aliphatic hydroxyl groups is 2. The minimum atomic E-state index is -2.32. The zero-order valence-electron chi connectivity index (χ0n) is 46.8. The number of rotatable bonds is 17. The maximum atomic E-state index is 12.4. The van der Waals surface area contributed by atoms with Crippen LogP contribution in [0.3, 0.4) is 0 Å². The molecule has 418 valence electrons. The van der Waals surface area contributed by atoms with Crippen LogP contribution in [0, 0.1) is 23.7 Å². The third-order valence-electron chi connectivity index (χ3n) is 13.6. The fraction of sp³-hybridized carbons (Fsp3) is 0.387. The molecule has 6 aromatic rings. The SMILES string of the molecule is CCC[CH2][Sn]([CH2]CCC)([CH2]CCC)[c]1ncccn1.CCOC(=O)c1cc(-c2ncccn2)cc(-c2cccc(C#C[C@]3(O)CCN(C)C3=O)c2)n1.CCOC(=O)c1cc(Cl)cc(-c2cccc(C#C[C@]3(O)CCN(C)C3=O)c2)n1. The van der Waals surface area contributed by atoms with Crippen molar-refractivity contribution in [2.45, 2.75) is 110 Å². The second-order valence-corrected chi connectivity index (χ2v) is 33.0. The Morgan fingerprint density at radius 2 is 1.04 bits per heavy atom. The second kappa shape index (κ2) is 29.9. The molecule has 0 saturated carbocycles. The minimum Gasteiger partial charge on any atom is -0.461 e. The Kier molecular flexibility index (Phi) is 23.2. The van der Waals surface area contributed by atoms with Crippen molar-refractivity contribution >= 4 is 57.6 Å². The molecule has 2 N–H and O–H groups in total. The number of pyridine rings is 2. The van der Waals surface area contributed by atoms with Gasteiger partial charge in [-0.05, 0) is 68.4 Å². The summed E-state index contributed by atoms with van der Waals surface area (Å²) >= 11 is 3.81. The van der Waals surface area contributed by atoms with Crippen molar-refractivity contribution in [3.8, 4) is 57.6 Å². The number of aromatic nitrogens is 6. The number of hydrogen-bond acceptors (Lipinski definition) is 14. The summed E-state index contributed by atoms with van der Waals surface area (Å²) in [4.78, 5) is 78.2. The van der Waals surface area contributed by atoms with Gasteiger partial charge in [-0.3, -0.25) is 9.59 Å². The van der Waals surface area contributed by atoms with Crippen molar-refractivity contribution in [3.63, 3.8) is 0 Å². The van der Waals surface area contributed by atoms with Crippen molar-refractivity contribution in [2.24, 2.45) is 0 Å². The number of unbranched alkanes of at least 4 members (excludes halogenated alkanes) is 3. The monoisotopic (exact) mass is 1210 g/mol. The molecule has 0 unspecified atom stereocenters. The van der Waals surface area contributed by atoms with Gasteiger partial charge in [-0.15, -0.1) is 0 Å². The van der Waals surface area contributed by atoms with E-state index >= 15 is 0 Å². The number of ether oxygens (including phenoxy) is 2. The first-order chi connectivity index (χ1) is 38.5. The third kappa shape index (κ3) is 16.7. The van der Waals surface area contributed by atoms with E-state index in [1.54, 1.807) is 101 Å². The zero-order chi connectivity index (χ0) is 57.7. The minimum absolute atomic E-state index is 0.120. The molecular weight excluding hydrogens is 1140 g/mol. The predicted octanol–water partition coefficient (Wildman–Crippen LogP) is 9.38. The van der Waals surface area contributed by atoms with Crippen LogP contribution in [0.25, 0.3) is 33.9 Å². The summed E-state index contributed by atoms with van der Waals surface area (Å²) in [5.41, 5.74) is 1.16. The van der Waals surface area contributed by atoms with Crippen LogP contribution in [0.5, 0.6) is 0 Å². The van der Waals surface area contributed by atoms with Gasteiger partial charge >= 0.3 is 135 Å². The van der Waals surface area contributed by atoms with Crippen LogP contribution in [0.2, 0.25) is 18.3 Å². The first-order valence-electron chi connectivity index (χ1n) is 27.3. The summed E-state index contributed by atoms with van der Waals surface area (Å²) in [5.74, 6) is 9.73. The Labute approximate surface area is 479 Å². The van der Waals surface area contributed by atoms with E-state index < -0.39 is 53.3 Å². The molecule has 2 saturated heterocycles. The smallest absolute Gasteiger partial charge is 0.356 e. The molecule has 2 aliphatic rings. The third-order valence-corrected chi connectivity index (χ3v) is 28.5. The molecule has 2 fully saturated rings. The van der Waals surface area contributed by atoms with Crippen LogP contribution in [0.1, 0.15) is 118 Å². The Balaban J connectivity index is 0.000000201. The molecule has 2 amide bonds. The standard InChI is InChI=1S/C25H22N4O4.C21H19ClN2O4.C4H3N2.3C4H9.Sn/c1-3-33-23(30)21-16-19(22-26-11-5-12-27-22)15-20(28-21)18-7-4-6-17(14-18)8-9-25(32)10-13-29(2)24(25)31;1-3-28-19(25)18-13-16(22)12-17(23-18)15-6-4-5-14(11-15)7-8-21(27)9-10-24(2)20(21)26;1-2-5-4-6-3-1;3*1-3-4-2;/h4-7,11-12,14-16,32H,3,10,13H2,1-2H3;4-6,11-13,27H,3,9-10H2,1-2H3;1-3H;3*1,3-4H2,2H3;/t25-;21-;;;;;/m00...../s1. The number of likely N-dealkylation sites (N-methyl/N-ethyl adjacent to an activating group) is 2. The van der Waals surface area contributed by atoms with Gasteiger partial charge in [0.15, 0.2) is 11.5 Å². The molecule has 0 radical (unpaired) electrons. The van der Waals surface area contributed by atoms with Gasteiger partial charge < -0.3 is 29.5 Å². The summed E-state index contributed by atoms with van der Waals surface area (Å²) < 4.78 is 15.8. The van der Waals surface area contributed by atoms with E-state index in [4.69, 9.17) is 31.0 Å². The van der Waals surface area contributed by atoms with E-state index in [1.165, 1.54) is 71.5 Å². The number of nitrogens with zero attached hydrogens (tertiary/aromatic N) is 8. The molecule has 4 aromatic heterocycles. The normalized spacial score (nSPS) is 16.5. The Morgan fingerprint density at radius 3 is 1.46 bits per heavy atom. The molecule has 0 bridgehead atoms. The maximum absolute atomic E-state index is 12.4. The summed E-state index contributed by atoms with van der Waals surface area (Å²) in [5, 5.41) is 21.3. The number of halogens is 1. The fourth-order valence-corrected chi connectivity index (χ4v) is 24.2. The zero-order valence-corrected chi connectivity index (χ0v) is 50.4. The van der Waals surface area contributed by atoms with Gasteiger partial charge in [0.05, 0.1) is 24.6 Å². The van der Waals surface area contributed by atoms with E-state index in [2.05, 4.69) is 64.4 Å². The van der Waals surface area contributed by atoms with Crippen molar-refractivity contribution < 1.29 is 38.9 Å².